The predicted octanol–water partition coefficient (Wildman–Crippen LogP) is 8.89. The lowest BCUT2D eigenvalue weighted by molar-refractivity contribution is 0.0721. The third-order valence-electron chi connectivity index (χ3n) is 7.95. The smallest absolute Gasteiger partial charge is 0.421 e. The molecule has 0 saturated carbocycles. The second kappa shape index (κ2) is 15.6. The second-order valence-electron chi connectivity index (χ2n) is 10.7. The number of benzene rings is 4. The highest BCUT2D eigenvalue weighted by Crippen LogP contribution is 2.45. The minimum atomic E-state index is -1.02. The van der Waals surface area contributed by atoms with Gasteiger partial charge >= 0.3 is 11.8 Å². The molecule has 2 aliphatic carbocycles. The van der Waals surface area contributed by atoms with Crippen LogP contribution in [0.2, 0.25) is 0 Å². The lowest BCUT2D eigenvalue weighted by Crippen LogP contribution is -2.42. The third kappa shape index (κ3) is 6.62. The molecule has 2 aliphatic rings. The molecule has 0 fully saturated rings. The Kier molecular flexibility index (Phi) is 10.8. The van der Waals surface area contributed by atoms with E-state index in [4.69, 9.17) is 9.47 Å². The Morgan fingerprint density at radius 2 is 1.31 bits per heavy atom. The normalized spacial score (nSPS) is 12.7. The van der Waals surface area contributed by atoms with Gasteiger partial charge in [-0.2, -0.15) is 0 Å². The molecule has 0 spiro atoms. The summed E-state index contributed by atoms with van der Waals surface area (Å²) in [6, 6.07) is 33.7. The van der Waals surface area contributed by atoms with Gasteiger partial charge in [0.05, 0.1) is 11.3 Å². The minimum absolute atomic E-state index is 0.126. The Labute approximate surface area is 280 Å². The number of hydrogen-bond acceptors (Lipinski definition) is 5. The summed E-state index contributed by atoms with van der Waals surface area (Å²) in [5.41, 5.74) is 4.33. The van der Waals surface area contributed by atoms with Crippen LogP contribution >= 0.6 is 0 Å². The van der Waals surface area contributed by atoms with Gasteiger partial charge in [-0.3, -0.25) is 4.79 Å². The van der Waals surface area contributed by atoms with E-state index in [0.29, 0.717) is 17.8 Å². The monoisotopic (exact) mass is 638 g/mol. The molecule has 0 bridgehead atoms. The molecule has 242 valence electrons. The molecule has 0 saturated heterocycles. The molecule has 7 heteroatoms. The van der Waals surface area contributed by atoms with Crippen molar-refractivity contribution in [3.05, 3.63) is 184 Å². The Hall–Kier alpha value is -5.95. The number of ether oxygens (including phenoxy) is 2. The number of hydrogen-bond donors (Lipinski definition) is 0. The van der Waals surface area contributed by atoms with Crippen molar-refractivity contribution in [2.45, 2.75) is 39.2 Å². The van der Waals surface area contributed by atoms with Crippen molar-refractivity contribution in [3.8, 4) is 22.7 Å². The number of nitrogens with zero attached hydrogens (tertiary/aromatic N) is 2. The van der Waals surface area contributed by atoms with Crippen LogP contribution in [0.5, 0.6) is 5.88 Å². The van der Waals surface area contributed by atoms with Crippen molar-refractivity contribution in [2.24, 2.45) is 0 Å². The minimum Gasteiger partial charge on any atom is -0.421 e. The third-order valence-corrected chi connectivity index (χ3v) is 7.95. The van der Waals surface area contributed by atoms with Crippen LogP contribution in [0.25, 0.3) is 22.5 Å². The summed E-state index contributed by atoms with van der Waals surface area (Å²) in [7, 11) is 0. The zero-order chi connectivity index (χ0) is 34.0. The van der Waals surface area contributed by atoms with Gasteiger partial charge in [-0.1, -0.05) is 123 Å². The zero-order valence-corrected chi connectivity index (χ0v) is 27.2. The van der Waals surface area contributed by atoms with Gasteiger partial charge in [0.1, 0.15) is 0 Å². The maximum absolute atomic E-state index is 14.2. The molecule has 7 nitrogen and oxygen atoms in total. The van der Waals surface area contributed by atoms with Crippen molar-refractivity contribution in [2.75, 3.05) is 0 Å². The summed E-state index contributed by atoms with van der Waals surface area (Å²) in [5, 5.41) is 0. The summed E-state index contributed by atoms with van der Waals surface area (Å²) < 4.78 is 14.4. The first-order valence-electron chi connectivity index (χ1n) is 16.0. The van der Waals surface area contributed by atoms with Gasteiger partial charge in [-0.25, -0.2) is 18.7 Å². The number of para-hydroxylation sites is 1. The Morgan fingerprint density at radius 1 is 0.750 bits per heavy atom. The Balaban J connectivity index is 0.00000109. The van der Waals surface area contributed by atoms with E-state index >= 15 is 0 Å². The Morgan fingerprint density at radius 3 is 1.90 bits per heavy atom. The van der Waals surface area contributed by atoms with Crippen LogP contribution in [0.3, 0.4) is 0 Å². The van der Waals surface area contributed by atoms with E-state index in [0.717, 1.165) is 38.8 Å². The molecular formula is C41H38N2O5. The van der Waals surface area contributed by atoms with Crippen LogP contribution in [0.4, 0.5) is 4.79 Å². The van der Waals surface area contributed by atoms with Crippen molar-refractivity contribution >= 4 is 11.9 Å². The molecule has 1 heterocycles. The van der Waals surface area contributed by atoms with Crippen LogP contribution in [0.15, 0.2) is 150 Å². The topological polar surface area (TPSA) is 79.5 Å². The molecule has 0 N–H and O–H groups in total. The molecule has 4 aromatic carbocycles. The molecule has 7 rings (SSSR count). The molecule has 0 atom stereocenters. The van der Waals surface area contributed by atoms with Crippen molar-refractivity contribution in [1.29, 1.82) is 0 Å². The van der Waals surface area contributed by atoms with Crippen molar-refractivity contribution in [1.82, 2.24) is 9.13 Å². The van der Waals surface area contributed by atoms with Crippen molar-refractivity contribution in [3.63, 3.8) is 0 Å². The highest BCUT2D eigenvalue weighted by molar-refractivity contribution is 5.79. The second-order valence-corrected chi connectivity index (χ2v) is 10.7. The molecule has 48 heavy (non-hydrogen) atoms. The summed E-state index contributed by atoms with van der Waals surface area (Å²) in [5.74, 6) is -0.170. The number of fused-ring (bicyclic) bond motifs is 3. The van der Waals surface area contributed by atoms with E-state index in [-0.39, 0.29) is 17.9 Å². The highest BCUT2D eigenvalue weighted by atomic mass is 16.7. The maximum Gasteiger partial charge on any atom is 0.516 e. The Bertz CT molecular complexity index is 2030. The average molecular weight is 639 g/mol. The summed E-state index contributed by atoms with van der Waals surface area (Å²) >= 11 is 0. The fraction of sp³-hybridized carbons (Fsp3) is 0.146. The maximum atomic E-state index is 14.2. The van der Waals surface area contributed by atoms with Crippen LogP contribution in [0, 0.1) is 0 Å². The quantitative estimate of drug-likeness (QED) is 0.137. The molecule has 0 unspecified atom stereocenters. The molecule has 1 aromatic heterocycles. The molecule has 0 radical (unpaired) electrons. The van der Waals surface area contributed by atoms with Crippen molar-refractivity contribution < 1.29 is 14.3 Å². The molecular weight excluding hydrogens is 600 g/mol. The van der Waals surface area contributed by atoms with E-state index in [1.54, 1.807) is 30.3 Å². The van der Waals surface area contributed by atoms with Gasteiger partial charge in [0.15, 0.2) is 6.10 Å². The van der Waals surface area contributed by atoms with Crippen LogP contribution < -0.4 is 16.0 Å². The van der Waals surface area contributed by atoms with Gasteiger partial charge in [-0.15, -0.1) is 13.2 Å². The van der Waals surface area contributed by atoms with E-state index < -0.39 is 23.5 Å². The van der Waals surface area contributed by atoms with E-state index in [1.165, 1.54) is 4.57 Å². The first-order valence-corrected chi connectivity index (χ1v) is 16.0. The van der Waals surface area contributed by atoms with Gasteiger partial charge in [0.25, 0.3) is 5.56 Å². The fourth-order valence-corrected chi connectivity index (χ4v) is 5.93. The van der Waals surface area contributed by atoms with Gasteiger partial charge in [-0.05, 0) is 47.7 Å². The lowest BCUT2D eigenvalue weighted by Gasteiger charge is -2.21. The first kappa shape index (κ1) is 33.4. The SMILES string of the molecule is C=C.CC.O=C(Oc1c(Cc2ccccc2)c(=O)n(C2=CCCC=C2)c(=O)n1-c1ccccc1)OC1c2ccccc2-c2ccccc21. The lowest BCUT2D eigenvalue weighted by atomic mass is 10.1. The van der Waals surface area contributed by atoms with E-state index in [2.05, 4.69) is 13.2 Å². The predicted molar refractivity (Wildman–Crippen MR) is 192 cm³/mol. The van der Waals surface area contributed by atoms with Crippen LogP contribution in [0.1, 0.15) is 55.0 Å². The number of allylic oxidation sites excluding steroid dienone is 4. The summed E-state index contributed by atoms with van der Waals surface area (Å²) in [6.45, 7) is 10.0. The molecule has 0 aliphatic heterocycles. The van der Waals surface area contributed by atoms with E-state index in [9.17, 15) is 14.4 Å². The number of rotatable bonds is 6. The zero-order valence-electron chi connectivity index (χ0n) is 27.2. The first-order chi connectivity index (χ1) is 23.6. The largest absolute Gasteiger partial charge is 0.516 e. The van der Waals surface area contributed by atoms with Gasteiger partial charge in [0, 0.05) is 23.2 Å². The average Bonchev–Trinajstić information content (AvgIpc) is 3.46. The number of carbonyl (C=O) groups is 1. The summed E-state index contributed by atoms with van der Waals surface area (Å²) in [6.07, 6.45) is 5.50. The van der Waals surface area contributed by atoms with Gasteiger partial charge in [0.2, 0.25) is 5.88 Å². The van der Waals surface area contributed by atoms with Crippen LogP contribution in [-0.2, 0) is 11.2 Å². The molecule has 0 amide bonds. The molecule has 5 aromatic rings. The standard InChI is InChI=1S/C37H28N2O5.C2H6.C2H4/c40-34-32(24-25-14-4-1-5-15-25)35(39(27-18-8-3-9-19-27)36(41)38(34)26-16-6-2-7-17-26)44-37(42)43-33-30-22-12-10-20-28(30)29-21-11-13-23-31(29)33;2*1-2/h1,3-6,8-23,33H,2,7,24H2;1-2H3;1-2H2. The fourth-order valence-electron chi connectivity index (χ4n) is 5.93. The number of carbonyl (C=O) groups excluding carboxylic acids is 1. The number of aromatic nitrogens is 2. The highest BCUT2D eigenvalue weighted by Gasteiger charge is 2.33. The summed E-state index contributed by atoms with van der Waals surface area (Å²) in [4.78, 5) is 42.1. The van der Waals surface area contributed by atoms with Crippen LogP contribution in [-0.4, -0.2) is 15.3 Å². The van der Waals surface area contributed by atoms with Gasteiger partial charge < -0.3 is 9.47 Å². The van der Waals surface area contributed by atoms with E-state index in [1.807, 2.05) is 111 Å².